The first-order valence-electron chi connectivity index (χ1n) is 11.4. The quantitative estimate of drug-likeness (QED) is 0.183. The Labute approximate surface area is 231 Å². The number of benzene rings is 2. The van der Waals surface area contributed by atoms with Crippen LogP contribution in [0.25, 0.3) is 27.9 Å². The molecule has 1 radical (unpaired) electrons. The average molecular weight is 558 g/mol. The van der Waals surface area contributed by atoms with E-state index in [1.807, 2.05) is 56.7 Å². The summed E-state index contributed by atoms with van der Waals surface area (Å²) in [5, 5.41) is 22.6. The second-order valence-electron chi connectivity index (χ2n) is 7.98. The summed E-state index contributed by atoms with van der Waals surface area (Å²) in [5.74, 6) is 0. The third-order valence-corrected chi connectivity index (χ3v) is 5.48. The Morgan fingerprint density at radius 1 is 0.895 bits per heavy atom. The largest absolute Gasteiger partial charge is 0.383 e. The number of hydrogen-bond donors (Lipinski definition) is 1. The predicted molar refractivity (Wildman–Crippen MR) is 144 cm³/mol. The molecule has 0 atom stereocenters. The summed E-state index contributed by atoms with van der Waals surface area (Å²) in [6.45, 7) is 5.76. The monoisotopic (exact) mass is 558 g/mol. The molecule has 2 heterocycles. The van der Waals surface area contributed by atoms with E-state index in [0.717, 1.165) is 28.7 Å². The minimum absolute atomic E-state index is 0. The number of nitro groups is 2. The van der Waals surface area contributed by atoms with Crippen LogP contribution < -0.4 is 0 Å². The molecule has 4 aromatic rings. The first kappa shape index (κ1) is 31.8. The Kier molecular flexibility index (Phi) is 11.7. The van der Waals surface area contributed by atoms with E-state index >= 15 is 0 Å². The molecule has 199 valence electrons. The molecule has 2 aromatic carbocycles. The fourth-order valence-corrected chi connectivity index (χ4v) is 3.74. The van der Waals surface area contributed by atoms with Crippen LogP contribution in [0.1, 0.15) is 46.0 Å². The fraction of sp³-hybridized carbons (Fsp3) is 0.231. The first-order valence-corrected chi connectivity index (χ1v) is 11.4. The molecule has 0 aliphatic rings. The van der Waals surface area contributed by atoms with E-state index in [1.165, 1.54) is 24.3 Å². The van der Waals surface area contributed by atoms with E-state index in [0.29, 0.717) is 28.2 Å². The summed E-state index contributed by atoms with van der Waals surface area (Å²) in [6.07, 6.45) is 5.09. The van der Waals surface area contributed by atoms with Gasteiger partial charge in [0.15, 0.2) is 12.6 Å². The number of aromatic nitrogens is 2. The molecule has 12 heteroatoms. The third kappa shape index (κ3) is 6.75. The molecular weight excluding hydrogens is 529 g/mol. The van der Waals surface area contributed by atoms with E-state index in [-0.39, 0.29) is 29.9 Å². The Morgan fingerprint density at radius 2 is 1.42 bits per heavy atom. The van der Waals surface area contributed by atoms with Crippen molar-refractivity contribution in [3.8, 4) is 0 Å². The standard InChI is InChI=1S/C14H15N3O3.C10H8N2O3.C2H6.V/c1-15(2)7-6-14-12(9-18)11-8-10(17(19)20)4-5-13(11)16(14)3;1-6-9(5-13)8-4-7(12(14)15)2-3-10(8)11-6;1-2;/h4-9H,1-3H3;2-5,11H,1H3;1-2H3;/b7-6+;;;. The Balaban J connectivity index is 0.000000359. The Bertz CT molecular complexity index is 1500. The van der Waals surface area contributed by atoms with Gasteiger partial charge in [-0.05, 0) is 25.1 Å². The molecule has 0 amide bonds. The predicted octanol–water partition coefficient (Wildman–Crippen LogP) is 5.65. The summed E-state index contributed by atoms with van der Waals surface area (Å²) in [7, 11) is 5.59. The van der Waals surface area contributed by atoms with Crippen LogP contribution in [0.2, 0.25) is 0 Å². The molecule has 1 N–H and O–H groups in total. The summed E-state index contributed by atoms with van der Waals surface area (Å²) in [6, 6.07) is 8.96. The Morgan fingerprint density at radius 3 is 1.92 bits per heavy atom. The van der Waals surface area contributed by atoms with Gasteiger partial charge in [0.05, 0.1) is 15.5 Å². The van der Waals surface area contributed by atoms with Gasteiger partial charge in [0.1, 0.15) is 0 Å². The van der Waals surface area contributed by atoms with Crippen molar-refractivity contribution >= 4 is 51.8 Å². The molecule has 11 nitrogen and oxygen atoms in total. The Hall–Kier alpha value is -4.22. The van der Waals surface area contributed by atoms with E-state index in [2.05, 4.69) is 4.98 Å². The van der Waals surface area contributed by atoms with Gasteiger partial charge in [0, 0.05) is 109 Å². The van der Waals surface area contributed by atoms with Gasteiger partial charge in [-0.2, -0.15) is 0 Å². The van der Waals surface area contributed by atoms with Crippen LogP contribution in [0, 0.1) is 27.2 Å². The maximum Gasteiger partial charge on any atom is 0.270 e. The van der Waals surface area contributed by atoms with Crippen LogP contribution in [0.5, 0.6) is 0 Å². The minimum Gasteiger partial charge on any atom is -0.383 e. The second-order valence-corrected chi connectivity index (χ2v) is 7.98. The smallest absolute Gasteiger partial charge is 0.270 e. The number of nitrogens with zero attached hydrogens (tertiary/aromatic N) is 4. The third-order valence-electron chi connectivity index (χ3n) is 5.48. The maximum atomic E-state index is 11.3. The van der Waals surface area contributed by atoms with Crippen molar-refractivity contribution in [2.24, 2.45) is 7.05 Å². The summed E-state index contributed by atoms with van der Waals surface area (Å²) in [4.78, 5) is 47.5. The molecule has 0 saturated carbocycles. The number of aryl methyl sites for hydroxylation is 2. The number of H-pyrrole nitrogens is 1. The molecule has 0 spiro atoms. The number of carbonyl (C=O) groups is 2. The zero-order valence-corrected chi connectivity index (χ0v) is 23.4. The number of aldehydes is 2. The second kappa shape index (κ2) is 13.9. The van der Waals surface area contributed by atoms with Crippen molar-refractivity contribution in [1.82, 2.24) is 14.5 Å². The van der Waals surface area contributed by atoms with Gasteiger partial charge < -0.3 is 14.5 Å². The number of aromatic amines is 1. The zero-order chi connectivity index (χ0) is 27.9. The van der Waals surface area contributed by atoms with Gasteiger partial charge in [-0.3, -0.25) is 29.8 Å². The molecule has 0 bridgehead atoms. The van der Waals surface area contributed by atoms with E-state index < -0.39 is 9.85 Å². The molecule has 0 fully saturated rings. The molecule has 2 aromatic heterocycles. The van der Waals surface area contributed by atoms with Crippen LogP contribution in [0.15, 0.2) is 42.6 Å². The molecule has 0 aliphatic carbocycles. The number of non-ortho nitro benzene ring substituents is 2. The average Bonchev–Trinajstić information content (AvgIpc) is 3.35. The van der Waals surface area contributed by atoms with Crippen molar-refractivity contribution in [1.29, 1.82) is 0 Å². The van der Waals surface area contributed by atoms with Crippen LogP contribution in [0.4, 0.5) is 11.4 Å². The van der Waals surface area contributed by atoms with Crippen molar-refractivity contribution < 1.29 is 38.0 Å². The van der Waals surface area contributed by atoms with Gasteiger partial charge >= 0.3 is 0 Å². The van der Waals surface area contributed by atoms with E-state index in [9.17, 15) is 29.8 Å². The molecule has 0 saturated heterocycles. The summed E-state index contributed by atoms with van der Waals surface area (Å²) >= 11 is 0. The van der Waals surface area contributed by atoms with Crippen molar-refractivity contribution in [2.75, 3.05) is 14.1 Å². The van der Waals surface area contributed by atoms with Crippen LogP contribution in [-0.4, -0.2) is 51.0 Å². The fourth-order valence-electron chi connectivity index (χ4n) is 3.74. The molecular formula is C26H29N5O6V. The molecule has 0 aliphatic heterocycles. The van der Waals surface area contributed by atoms with Gasteiger partial charge in [0.2, 0.25) is 0 Å². The summed E-state index contributed by atoms with van der Waals surface area (Å²) in [5.41, 5.74) is 3.89. The number of nitro benzene ring substituents is 2. The zero-order valence-electron chi connectivity index (χ0n) is 22.0. The van der Waals surface area contributed by atoms with Crippen molar-refractivity contribution in [3.63, 3.8) is 0 Å². The number of rotatable bonds is 6. The van der Waals surface area contributed by atoms with E-state index in [4.69, 9.17) is 0 Å². The number of nitrogens with one attached hydrogen (secondary N) is 1. The van der Waals surface area contributed by atoms with Crippen molar-refractivity contribution in [2.45, 2.75) is 20.8 Å². The summed E-state index contributed by atoms with van der Waals surface area (Å²) < 4.78 is 1.85. The van der Waals surface area contributed by atoms with Crippen LogP contribution >= 0.6 is 0 Å². The van der Waals surface area contributed by atoms with Gasteiger partial charge in [-0.15, -0.1) is 0 Å². The maximum absolute atomic E-state index is 11.3. The van der Waals surface area contributed by atoms with Gasteiger partial charge in [-0.1, -0.05) is 13.8 Å². The van der Waals surface area contributed by atoms with Crippen LogP contribution in [-0.2, 0) is 25.6 Å². The van der Waals surface area contributed by atoms with Crippen molar-refractivity contribution in [3.05, 3.63) is 85.3 Å². The number of carbonyl (C=O) groups excluding carboxylic acids is 2. The molecule has 4 rings (SSSR count). The van der Waals surface area contributed by atoms with E-state index in [1.54, 1.807) is 19.1 Å². The first-order chi connectivity index (χ1) is 17.6. The molecule has 0 unspecified atom stereocenters. The van der Waals surface area contributed by atoms with Crippen LogP contribution in [0.3, 0.4) is 0 Å². The number of hydrogen-bond acceptors (Lipinski definition) is 7. The van der Waals surface area contributed by atoms with Gasteiger partial charge in [0.25, 0.3) is 11.4 Å². The SMILES string of the molecule is CC.CN(C)/C=C/c1c(C=O)c2cc([N+](=O)[O-])ccc2n1C.Cc1[nH]c2ccc([N+](=O)[O-])cc2c1C=O.[V]. The van der Waals surface area contributed by atoms with Gasteiger partial charge in [-0.25, -0.2) is 0 Å². The topological polar surface area (TPSA) is 144 Å². The normalized spacial score (nSPS) is 10.2. The minimum atomic E-state index is -0.476. The number of fused-ring (bicyclic) bond motifs is 2. The molecule has 38 heavy (non-hydrogen) atoms.